The van der Waals surface area contributed by atoms with Crippen molar-refractivity contribution in [2.45, 2.75) is 31.7 Å². The van der Waals surface area contributed by atoms with Crippen LogP contribution in [0.2, 0.25) is 0 Å². The monoisotopic (exact) mass is 341 g/mol. The van der Waals surface area contributed by atoms with Gasteiger partial charge in [-0.1, -0.05) is 0 Å². The number of hydrogen-bond donors (Lipinski definition) is 2. The van der Waals surface area contributed by atoms with Crippen molar-refractivity contribution in [2.75, 3.05) is 10.2 Å². The lowest BCUT2D eigenvalue weighted by atomic mass is 9.72. The molecule has 2 aromatic rings. The Kier molecular flexibility index (Phi) is 3.28. The van der Waals surface area contributed by atoms with Crippen molar-refractivity contribution in [1.29, 1.82) is 0 Å². The van der Waals surface area contributed by atoms with Crippen molar-refractivity contribution in [2.24, 2.45) is 0 Å². The van der Waals surface area contributed by atoms with Gasteiger partial charge in [0.25, 0.3) is 11.8 Å². The van der Waals surface area contributed by atoms with Gasteiger partial charge in [-0.15, -0.1) is 0 Å². The van der Waals surface area contributed by atoms with Gasteiger partial charge in [-0.25, -0.2) is 4.39 Å². The molecule has 0 atom stereocenters. The number of pyridine rings is 1. The molecule has 4 rings (SSSR count). The molecule has 1 aromatic heterocycles. The lowest BCUT2D eigenvalue weighted by Crippen LogP contribution is -2.66. The number of halogens is 1. The second-order valence-corrected chi connectivity index (χ2v) is 6.54. The fraction of sp³-hybridized carbons (Fsp3) is 0.278. The first-order valence-electron chi connectivity index (χ1n) is 8.07. The van der Waals surface area contributed by atoms with Crippen molar-refractivity contribution in [3.8, 4) is 0 Å². The molecule has 25 heavy (non-hydrogen) atoms. The summed E-state index contributed by atoms with van der Waals surface area (Å²) in [5.74, 6) is -1.40. The number of carbonyl (C=O) groups is 2. The van der Waals surface area contributed by atoms with Gasteiger partial charge in [0, 0.05) is 18.0 Å². The number of nitrogens with zero attached hydrogens (tertiary/aromatic N) is 1. The number of aryl methyl sites for hydroxylation is 1. The predicted molar refractivity (Wildman–Crippen MR) is 90.2 cm³/mol. The number of nitrogens with one attached hydrogen (secondary N) is 2. The van der Waals surface area contributed by atoms with Gasteiger partial charge in [0.15, 0.2) is 5.43 Å². The molecule has 2 heterocycles. The van der Waals surface area contributed by atoms with Gasteiger partial charge in [-0.3, -0.25) is 19.3 Å². The molecule has 0 radical (unpaired) electrons. The molecule has 1 fully saturated rings. The molecule has 0 bridgehead atoms. The van der Waals surface area contributed by atoms with Crippen molar-refractivity contribution in [3.05, 3.63) is 57.8 Å². The number of benzene rings is 1. The van der Waals surface area contributed by atoms with Crippen LogP contribution in [0.1, 0.15) is 35.3 Å². The number of amides is 2. The first-order valence-corrected chi connectivity index (χ1v) is 8.07. The summed E-state index contributed by atoms with van der Waals surface area (Å²) in [5, 5.41) is 2.69. The van der Waals surface area contributed by atoms with Gasteiger partial charge in [-0.05, 0) is 44.4 Å². The summed E-state index contributed by atoms with van der Waals surface area (Å²) in [6.45, 7) is 1.72. The van der Waals surface area contributed by atoms with E-state index < -0.39 is 22.7 Å². The molecule has 0 saturated heterocycles. The highest BCUT2D eigenvalue weighted by Crippen LogP contribution is 2.47. The van der Waals surface area contributed by atoms with Crippen LogP contribution in [0, 0.1) is 12.7 Å². The molecule has 0 unspecified atom stereocenters. The van der Waals surface area contributed by atoms with Crippen molar-refractivity contribution >= 4 is 23.2 Å². The first-order chi connectivity index (χ1) is 11.9. The largest absolute Gasteiger partial charge is 0.364 e. The molecule has 2 amide bonds. The summed E-state index contributed by atoms with van der Waals surface area (Å²) < 4.78 is 13.6. The molecule has 1 saturated carbocycles. The summed E-state index contributed by atoms with van der Waals surface area (Å²) in [5.41, 5.74) is -0.185. The van der Waals surface area contributed by atoms with Gasteiger partial charge < -0.3 is 10.3 Å². The van der Waals surface area contributed by atoms with Crippen LogP contribution in [0.25, 0.3) is 0 Å². The Hall–Kier alpha value is -2.96. The summed E-state index contributed by atoms with van der Waals surface area (Å²) >= 11 is 0. The average Bonchev–Trinajstić information content (AvgIpc) is 2.51. The van der Waals surface area contributed by atoms with Gasteiger partial charge in [0.2, 0.25) is 0 Å². The topological polar surface area (TPSA) is 82.3 Å². The quantitative estimate of drug-likeness (QED) is 0.835. The standard InChI is InChI=1S/C18H16FN3O3/c1-10-7-15(23)12(9-20-10)16(24)22-14-4-3-11(19)8-13(14)21-17(25)18(22)5-2-6-18/h3-4,7-9H,2,5-6H2,1H3,(H,20,23)(H,21,25). The van der Waals surface area contributed by atoms with E-state index in [1.807, 2.05) is 0 Å². The maximum absolute atomic E-state index is 13.6. The van der Waals surface area contributed by atoms with E-state index in [4.69, 9.17) is 0 Å². The maximum Gasteiger partial charge on any atom is 0.264 e. The number of carbonyl (C=O) groups excluding carboxylic acids is 2. The van der Waals surface area contributed by atoms with Crippen molar-refractivity contribution in [3.63, 3.8) is 0 Å². The fourth-order valence-corrected chi connectivity index (χ4v) is 3.50. The minimum atomic E-state index is -1.01. The zero-order valence-corrected chi connectivity index (χ0v) is 13.6. The Morgan fingerprint density at radius 1 is 1.24 bits per heavy atom. The molecule has 1 aliphatic carbocycles. The second kappa shape index (κ2) is 5.27. The van der Waals surface area contributed by atoms with E-state index in [1.165, 1.54) is 35.4 Å². The van der Waals surface area contributed by atoms with Crippen molar-refractivity contribution in [1.82, 2.24) is 4.98 Å². The number of hydrogen-bond acceptors (Lipinski definition) is 3. The zero-order chi connectivity index (χ0) is 17.8. The highest BCUT2D eigenvalue weighted by atomic mass is 19.1. The molecule has 1 aromatic carbocycles. The average molecular weight is 341 g/mol. The molecule has 2 N–H and O–H groups in total. The van der Waals surface area contributed by atoms with Gasteiger partial charge in [0.05, 0.1) is 11.4 Å². The van der Waals surface area contributed by atoms with Gasteiger partial charge in [-0.2, -0.15) is 0 Å². The molecule has 6 nitrogen and oxygen atoms in total. The van der Waals surface area contributed by atoms with E-state index in [-0.39, 0.29) is 17.2 Å². The number of H-pyrrole nitrogens is 1. The van der Waals surface area contributed by atoms with Crippen LogP contribution in [0.3, 0.4) is 0 Å². The first kappa shape index (κ1) is 15.6. The Morgan fingerprint density at radius 2 is 2.00 bits per heavy atom. The molecule has 1 spiro atoms. The van der Waals surface area contributed by atoms with E-state index in [2.05, 4.69) is 10.3 Å². The van der Waals surface area contributed by atoms with Crippen LogP contribution in [-0.4, -0.2) is 22.3 Å². The third-order valence-electron chi connectivity index (χ3n) is 4.97. The molecule has 128 valence electrons. The molecule has 2 aliphatic rings. The van der Waals surface area contributed by atoms with Crippen LogP contribution in [-0.2, 0) is 4.79 Å². The predicted octanol–water partition coefficient (Wildman–Crippen LogP) is 2.34. The van der Waals surface area contributed by atoms with Gasteiger partial charge >= 0.3 is 0 Å². The van der Waals surface area contributed by atoms with Crippen molar-refractivity contribution < 1.29 is 14.0 Å². The number of aromatic amines is 1. The zero-order valence-electron chi connectivity index (χ0n) is 13.6. The summed E-state index contributed by atoms with van der Waals surface area (Å²) in [7, 11) is 0. The van der Waals surface area contributed by atoms with E-state index in [1.54, 1.807) is 6.92 Å². The van der Waals surface area contributed by atoms with Crippen LogP contribution in [0.4, 0.5) is 15.8 Å². The number of rotatable bonds is 1. The Bertz CT molecular complexity index is 962. The summed E-state index contributed by atoms with van der Waals surface area (Å²) in [6.07, 6.45) is 3.18. The van der Waals surface area contributed by atoms with Crippen LogP contribution in [0.15, 0.2) is 35.3 Å². The maximum atomic E-state index is 13.6. The molecular weight excluding hydrogens is 325 g/mol. The van der Waals surface area contributed by atoms with E-state index in [9.17, 15) is 18.8 Å². The molecule has 7 heteroatoms. The SMILES string of the molecule is Cc1cc(=O)c(C(=O)N2c3ccc(F)cc3NC(=O)C23CCC3)c[nH]1. The summed E-state index contributed by atoms with van der Waals surface area (Å²) in [4.78, 5) is 42.3. The minimum absolute atomic E-state index is 0.0400. The van der Waals surface area contributed by atoms with Gasteiger partial charge in [0.1, 0.15) is 16.9 Å². The second-order valence-electron chi connectivity index (χ2n) is 6.54. The Labute approximate surface area is 142 Å². The van der Waals surface area contributed by atoms with Crippen LogP contribution < -0.4 is 15.6 Å². The lowest BCUT2D eigenvalue weighted by molar-refractivity contribution is -0.124. The normalized spacial score (nSPS) is 17.7. The molecular formula is C18H16FN3O3. The fourth-order valence-electron chi connectivity index (χ4n) is 3.50. The summed E-state index contributed by atoms with van der Waals surface area (Å²) in [6, 6.07) is 5.22. The van der Waals surface area contributed by atoms with E-state index >= 15 is 0 Å². The minimum Gasteiger partial charge on any atom is -0.364 e. The number of aromatic nitrogens is 1. The highest BCUT2D eigenvalue weighted by molar-refractivity contribution is 6.19. The van der Waals surface area contributed by atoms with Crippen LogP contribution >= 0.6 is 0 Å². The highest BCUT2D eigenvalue weighted by Gasteiger charge is 2.55. The third-order valence-corrected chi connectivity index (χ3v) is 4.97. The number of fused-ring (bicyclic) bond motifs is 1. The van der Waals surface area contributed by atoms with Crippen LogP contribution in [0.5, 0.6) is 0 Å². The van der Waals surface area contributed by atoms with E-state index in [0.29, 0.717) is 24.2 Å². The third kappa shape index (κ3) is 2.19. The Morgan fingerprint density at radius 3 is 2.64 bits per heavy atom. The molecule has 1 aliphatic heterocycles. The lowest BCUT2D eigenvalue weighted by Gasteiger charge is -2.51. The number of anilines is 2. The van der Waals surface area contributed by atoms with E-state index in [0.717, 1.165) is 6.42 Å². The Balaban J connectivity index is 1.89. The smallest absolute Gasteiger partial charge is 0.264 e.